The summed E-state index contributed by atoms with van der Waals surface area (Å²) >= 11 is 0. The van der Waals surface area contributed by atoms with E-state index in [0.29, 0.717) is 6.42 Å². The molecule has 1 aliphatic heterocycles. The van der Waals surface area contributed by atoms with Gasteiger partial charge in [0.25, 0.3) is 0 Å². The smallest absolute Gasteiger partial charge is 0.164 e. The van der Waals surface area contributed by atoms with Crippen molar-refractivity contribution < 1.29 is 14.3 Å². The van der Waals surface area contributed by atoms with Crippen LogP contribution < -0.4 is 4.74 Å². The normalized spacial score (nSPS) is 14.8. The molecule has 1 aliphatic rings. The highest BCUT2D eigenvalue weighted by atomic mass is 35.5. The van der Waals surface area contributed by atoms with Gasteiger partial charge in [-0.05, 0) is 30.7 Å². The molecule has 4 nitrogen and oxygen atoms in total. The molecule has 142 valence electrons. The topological polar surface area (TPSA) is 38.8 Å². The van der Waals surface area contributed by atoms with Crippen LogP contribution in [-0.2, 0) is 4.74 Å². The highest BCUT2D eigenvalue weighted by Gasteiger charge is 2.13. The first-order valence-electron chi connectivity index (χ1n) is 9.35. The van der Waals surface area contributed by atoms with E-state index in [1.807, 2.05) is 24.3 Å². The quantitative estimate of drug-likeness (QED) is 0.429. The Bertz CT molecular complexity index is 472. The van der Waals surface area contributed by atoms with Crippen molar-refractivity contribution in [3.63, 3.8) is 0 Å². The fraction of sp³-hybridized carbons (Fsp3) is 0.650. The predicted octanol–water partition coefficient (Wildman–Crippen LogP) is 4.36. The summed E-state index contributed by atoms with van der Waals surface area (Å²) < 4.78 is 11.1. The number of benzene rings is 1. The number of Topliss-reactive ketones (excluding diaryl/α,β-unsaturated/α-hetero) is 1. The second kappa shape index (κ2) is 13.2. The Hall–Kier alpha value is -1.10. The molecule has 0 radical (unpaired) electrons. The van der Waals surface area contributed by atoms with Crippen LogP contribution >= 0.6 is 12.4 Å². The van der Waals surface area contributed by atoms with Crippen molar-refractivity contribution in [1.29, 1.82) is 0 Å². The van der Waals surface area contributed by atoms with E-state index in [1.165, 1.54) is 25.7 Å². The number of morpholine rings is 1. The van der Waals surface area contributed by atoms with Gasteiger partial charge in [-0.2, -0.15) is 0 Å². The number of hydrogen-bond donors (Lipinski definition) is 0. The summed E-state index contributed by atoms with van der Waals surface area (Å²) in [5.74, 6) is 1.06. The van der Waals surface area contributed by atoms with E-state index >= 15 is 0 Å². The number of halogens is 1. The Kier molecular flexibility index (Phi) is 11.5. The molecule has 1 saturated heterocycles. The summed E-state index contributed by atoms with van der Waals surface area (Å²) in [6, 6.07) is 7.59. The average molecular weight is 370 g/mol. The van der Waals surface area contributed by atoms with Crippen LogP contribution in [0.25, 0.3) is 0 Å². The van der Waals surface area contributed by atoms with Crippen molar-refractivity contribution in [2.75, 3.05) is 39.5 Å². The molecular weight excluding hydrogens is 338 g/mol. The van der Waals surface area contributed by atoms with Crippen molar-refractivity contribution >= 4 is 18.2 Å². The summed E-state index contributed by atoms with van der Waals surface area (Å²) in [5, 5.41) is 0. The number of rotatable bonds is 11. The first-order valence-corrected chi connectivity index (χ1v) is 9.35. The van der Waals surface area contributed by atoms with Gasteiger partial charge in [-0.1, -0.05) is 32.6 Å². The van der Waals surface area contributed by atoms with Gasteiger partial charge in [-0.25, -0.2) is 0 Å². The second-order valence-electron chi connectivity index (χ2n) is 6.41. The predicted molar refractivity (Wildman–Crippen MR) is 104 cm³/mol. The minimum absolute atomic E-state index is 0. The number of unbranched alkanes of at least 4 members (excludes halogenated alkanes) is 4. The largest absolute Gasteiger partial charge is 0.494 e. The van der Waals surface area contributed by atoms with Gasteiger partial charge in [0.15, 0.2) is 5.78 Å². The maximum absolute atomic E-state index is 12.3. The summed E-state index contributed by atoms with van der Waals surface area (Å²) in [4.78, 5) is 14.5. The fourth-order valence-corrected chi connectivity index (χ4v) is 2.86. The standard InChI is InChI=1S/C20H31NO3.ClH/c1-2-3-4-5-6-15-24-19-9-7-18(8-10-19)20(22)11-12-21-13-16-23-17-14-21;/h7-10H,2-6,11-17H2,1H3;1H. The summed E-state index contributed by atoms with van der Waals surface area (Å²) in [6.45, 7) is 7.21. The van der Waals surface area contributed by atoms with E-state index in [1.54, 1.807) is 0 Å². The van der Waals surface area contributed by atoms with E-state index < -0.39 is 0 Å². The molecule has 1 fully saturated rings. The van der Waals surface area contributed by atoms with Gasteiger partial charge in [0.1, 0.15) is 5.75 Å². The number of ketones is 1. The highest BCUT2D eigenvalue weighted by Crippen LogP contribution is 2.15. The Morgan fingerprint density at radius 1 is 1.08 bits per heavy atom. The molecule has 1 heterocycles. The van der Waals surface area contributed by atoms with Crippen LogP contribution in [0.3, 0.4) is 0 Å². The lowest BCUT2D eigenvalue weighted by Gasteiger charge is -2.26. The molecule has 0 N–H and O–H groups in total. The minimum atomic E-state index is 0. The van der Waals surface area contributed by atoms with Crippen LogP contribution in [0.2, 0.25) is 0 Å². The van der Waals surface area contributed by atoms with E-state index in [2.05, 4.69) is 11.8 Å². The van der Waals surface area contributed by atoms with Crippen LogP contribution in [0, 0.1) is 0 Å². The number of ether oxygens (including phenoxy) is 2. The van der Waals surface area contributed by atoms with E-state index in [-0.39, 0.29) is 18.2 Å². The van der Waals surface area contributed by atoms with Crippen LogP contribution in [0.15, 0.2) is 24.3 Å². The lowest BCUT2D eigenvalue weighted by Crippen LogP contribution is -2.37. The first kappa shape index (κ1) is 21.9. The minimum Gasteiger partial charge on any atom is -0.494 e. The molecule has 2 rings (SSSR count). The molecule has 0 atom stereocenters. The van der Waals surface area contributed by atoms with Gasteiger partial charge in [0, 0.05) is 31.6 Å². The first-order chi connectivity index (χ1) is 11.8. The fourth-order valence-electron chi connectivity index (χ4n) is 2.86. The molecule has 0 amide bonds. The van der Waals surface area contributed by atoms with E-state index in [9.17, 15) is 4.79 Å². The Balaban J connectivity index is 0.00000312. The van der Waals surface area contributed by atoms with Crippen molar-refractivity contribution in [3.05, 3.63) is 29.8 Å². The molecule has 0 saturated carbocycles. The maximum atomic E-state index is 12.3. The molecule has 0 spiro atoms. The Morgan fingerprint density at radius 2 is 1.76 bits per heavy atom. The molecular formula is C20H32ClNO3. The second-order valence-corrected chi connectivity index (χ2v) is 6.41. The monoisotopic (exact) mass is 369 g/mol. The third-order valence-electron chi connectivity index (χ3n) is 4.45. The van der Waals surface area contributed by atoms with Crippen molar-refractivity contribution in [2.45, 2.75) is 45.4 Å². The summed E-state index contributed by atoms with van der Waals surface area (Å²) in [7, 11) is 0. The SMILES string of the molecule is CCCCCCCOc1ccc(C(=O)CCN2CCOCC2)cc1.Cl. The lowest BCUT2D eigenvalue weighted by molar-refractivity contribution is 0.0370. The molecule has 0 aliphatic carbocycles. The molecule has 1 aromatic rings. The molecule has 0 aromatic heterocycles. The zero-order valence-corrected chi connectivity index (χ0v) is 16.2. The average Bonchev–Trinajstić information content (AvgIpc) is 2.64. The number of nitrogens with zero attached hydrogens (tertiary/aromatic N) is 1. The molecule has 1 aromatic carbocycles. The maximum Gasteiger partial charge on any atom is 0.164 e. The number of carbonyl (C=O) groups is 1. The van der Waals surface area contributed by atoms with Crippen molar-refractivity contribution in [2.24, 2.45) is 0 Å². The number of carbonyl (C=O) groups excluding carboxylic acids is 1. The van der Waals surface area contributed by atoms with Gasteiger partial charge in [0.05, 0.1) is 19.8 Å². The van der Waals surface area contributed by atoms with Crippen LogP contribution in [-0.4, -0.2) is 50.1 Å². The van der Waals surface area contributed by atoms with Crippen LogP contribution in [0.5, 0.6) is 5.75 Å². The van der Waals surface area contributed by atoms with Gasteiger partial charge >= 0.3 is 0 Å². The number of hydrogen-bond acceptors (Lipinski definition) is 4. The molecule has 0 unspecified atom stereocenters. The van der Waals surface area contributed by atoms with Crippen molar-refractivity contribution in [3.8, 4) is 5.75 Å². The third-order valence-corrected chi connectivity index (χ3v) is 4.45. The van der Waals surface area contributed by atoms with Crippen molar-refractivity contribution in [1.82, 2.24) is 4.90 Å². The zero-order chi connectivity index (χ0) is 17.0. The van der Waals surface area contributed by atoms with Crippen LogP contribution in [0.4, 0.5) is 0 Å². The summed E-state index contributed by atoms with van der Waals surface area (Å²) in [5.41, 5.74) is 0.776. The lowest BCUT2D eigenvalue weighted by atomic mass is 10.1. The third kappa shape index (κ3) is 8.70. The Labute approximate surface area is 158 Å². The highest BCUT2D eigenvalue weighted by molar-refractivity contribution is 5.96. The van der Waals surface area contributed by atoms with Gasteiger partial charge < -0.3 is 9.47 Å². The van der Waals surface area contributed by atoms with Gasteiger partial charge in [0.2, 0.25) is 0 Å². The van der Waals surface area contributed by atoms with E-state index in [4.69, 9.17) is 9.47 Å². The molecule has 5 heteroatoms. The van der Waals surface area contributed by atoms with E-state index in [0.717, 1.165) is 57.2 Å². The molecule has 0 bridgehead atoms. The van der Waals surface area contributed by atoms with Crippen LogP contribution in [0.1, 0.15) is 55.8 Å². The Morgan fingerprint density at radius 3 is 2.44 bits per heavy atom. The zero-order valence-electron chi connectivity index (χ0n) is 15.4. The molecule has 25 heavy (non-hydrogen) atoms. The van der Waals surface area contributed by atoms with Gasteiger partial charge in [-0.3, -0.25) is 9.69 Å². The summed E-state index contributed by atoms with van der Waals surface area (Å²) in [6.07, 6.45) is 6.75. The van der Waals surface area contributed by atoms with Gasteiger partial charge in [-0.15, -0.1) is 12.4 Å².